The van der Waals surface area contributed by atoms with Crippen LogP contribution in [0, 0.1) is 12.7 Å². The van der Waals surface area contributed by atoms with Gasteiger partial charge in [0.15, 0.2) is 18.2 Å². The van der Waals surface area contributed by atoms with Gasteiger partial charge in [0, 0.05) is 0 Å². The van der Waals surface area contributed by atoms with Crippen LogP contribution in [-0.2, 0) is 4.79 Å². The lowest BCUT2D eigenvalue weighted by Gasteiger charge is -2.12. The van der Waals surface area contributed by atoms with Crippen molar-refractivity contribution in [2.45, 2.75) is 6.92 Å². The molecule has 0 radical (unpaired) electrons. The van der Waals surface area contributed by atoms with Crippen molar-refractivity contribution in [3.63, 3.8) is 0 Å². The minimum Gasteiger partial charge on any atom is -0.481 e. The van der Waals surface area contributed by atoms with E-state index in [0.29, 0.717) is 11.4 Å². The first-order valence-electron chi connectivity index (χ1n) is 6.10. The zero-order valence-corrected chi connectivity index (χ0v) is 11.0. The van der Waals surface area contributed by atoms with Gasteiger partial charge in [-0.3, -0.25) is 4.79 Å². The number of rotatable bonds is 4. The summed E-state index contributed by atoms with van der Waals surface area (Å²) in [6.07, 6.45) is 0. The summed E-state index contributed by atoms with van der Waals surface area (Å²) in [5, 5.41) is 2.66. The first-order chi connectivity index (χ1) is 9.58. The molecule has 1 amide bonds. The van der Waals surface area contributed by atoms with E-state index < -0.39 is 11.7 Å². The Balaban J connectivity index is 1.98. The number of hydrogen-bond donors (Lipinski definition) is 2. The van der Waals surface area contributed by atoms with E-state index in [2.05, 4.69) is 5.32 Å². The number of hydrogen-bond acceptors (Lipinski definition) is 3. The van der Waals surface area contributed by atoms with Gasteiger partial charge in [-0.15, -0.1) is 0 Å². The lowest BCUT2D eigenvalue weighted by atomic mass is 10.1. The van der Waals surface area contributed by atoms with Crippen LogP contribution in [0.5, 0.6) is 5.75 Å². The first-order valence-corrected chi connectivity index (χ1v) is 6.10. The summed E-state index contributed by atoms with van der Waals surface area (Å²) in [6, 6.07) is 11.3. The Labute approximate surface area is 116 Å². The summed E-state index contributed by atoms with van der Waals surface area (Å²) in [5.74, 6) is -0.856. The van der Waals surface area contributed by atoms with Gasteiger partial charge in [-0.25, -0.2) is 4.39 Å². The Bertz CT molecular complexity index is 609. The molecule has 0 aliphatic heterocycles. The third kappa shape index (κ3) is 3.26. The maximum absolute atomic E-state index is 13.3. The Hall–Kier alpha value is -2.56. The predicted octanol–water partition coefficient (Wildman–Crippen LogP) is 2.73. The van der Waals surface area contributed by atoms with Crippen molar-refractivity contribution in [1.29, 1.82) is 0 Å². The van der Waals surface area contributed by atoms with Gasteiger partial charge < -0.3 is 15.8 Å². The summed E-state index contributed by atoms with van der Waals surface area (Å²) >= 11 is 0. The molecule has 0 saturated heterocycles. The van der Waals surface area contributed by atoms with Crippen molar-refractivity contribution in [2.24, 2.45) is 0 Å². The second-order valence-corrected chi connectivity index (χ2v) is 4.31. The molecule has 104 valence electrons. The number of benzene rings is 2. The van der Waals surface area contributed by atoms with E-state index in [-0.39, 0.29) is 12.4 Å². The van der Waals surface area contributed by atoms with Crippen LogP contribution in [0.15, 0.2) is 42.5 Å². The van der Waals surface area contributed by atoms with E-state index in [1.807, 2.05) is 13.0 Å². The standard InChI is InChI=1S/C15H15FN2O2/c1-10-5-4-7-12(17)15(10)18-14(19)9-20-13-8-3-2-6-11(13)16/h2-8H,9,17H2,1H3,(H,18,19). The zero-order valence-electron chi connectivity index (χ0n) is 11.0. The van der Waals surface area contributed by atoms with E-state index >= 15 is 0 Å². The van der Waals surface area contributed by atoms with Crippen molar-refractivity contribution in [2.75, 3.05) is 17.7 Å². The van der Waals surface area contributed by atoms with Crippen LogP contribution >= 0.6 is 0 Å². The van der Waals surface area contributed by atoms with Gasteiger partial charge >= 0.3 is 0 Å². The average molecular weight is 274 g/mol. The van der Waals surface area contributed by atoms with Gasteiger partial charge in [0.2, 0.25) is 0 Å². The first kappa shape index (κ1) is 13.9. The highest BCUT2D eigenvalue weighted by Gasteiger charge is 2.09. The number of amides is 1. The van der Waals surface area contributed by atoms with Gasteiger partial charge in [-0.2, -0.15) is 0 Å². The molecule has 2 aromatic carbocycles. The molecule has 0 bridgehead atoms. The molecule has 0 aliphatic carbocycles. The lowest BCUT2D eigenvalue weighted by Crippen LogP contribution is -2.21. The number of carbonyl (C=O) groups is 1. The topological polar surface area (TPSA) is 64.3 Å². The molecule has 20 heavy (non-hydrogen) atoms. The highest BCUT2D eigenvalue weighted by molar-refractivity contribution is 5.95. The molecular formula is C15H15FN2O2. The van der Waals surface area contributed by atoms with Gasteiger partial charge in [0.25, 0.3) is 5.91 Å². The number of aryl methyl sites for hydroxylation is 1. The Morgan fingerprint density at radius 3 is 2.70 bits per heavy atom. The van der Waals surface area contributed by atoms with Gasteiger partial charge in [0.05, 0.1) is 11.4 Å². The molecule has 0 saturated carbocycles. The number of halogens is 1. The molecule has 3 N–H and O–H groups in total. The minimum atomic E-state index is -0.504. The third-order valence-electron chi connectivity index (χ3n) is 2.76. The summed E-state index contributed by atoms with van der Waals surface area (Å²) in [5.41, 5.74) is 7.66. The number of nitrogens with two attached hydrogens (primary N) is 1. The van der Waals surface area contributed by atoms with Gasteiger partial charge in [-0.05, 0) is 30.7 Å². The van der Waals surface area contributed by atoms with Crippen LogP contribution < -0.4 is 15.8 Å². The summed E-state index contributed by atoms with van der Waals surface area (Å²) in [4.78, 5) is 11.8. The monoisotopic (exact) mass is 274 g/mol. The van der Waals surface area contributed by atoms with Gasteiger partial charge in [0.1, 0.15) is 0 Å². The number of anilines is 2. The molecule has 0 aliphatic rings. The van der Waals surface area contributed by atoms with Crippen LogP contribution in [0.4, 0.5) is 15.8 Å². The van der Waals surface area contributed by atoms with E-state index in [1.165, 1.54) is 12.1 Å². The number of ether oxygens (including phenoxy) is 1. The van der Waals surface area contributed by atoms with E-state index in [4.69, 9.17) is 10.5 Å². The number of carbonyl (C=O) groups excluding carboxylic acids is 1. The molecule has 4 nitrogen and oxygen atoms in total. The van der Waals surface area contributed by atoms with Crippen molar-refractivity contribution in [3.05, 3.63) is 53.8 Å². The molecule has 0 fully saturated rings. The largest absolute Gasteiger partial charge is 0.481 e. The normalized spacial score (nSPS) is 10.1. The molecular weight excluding hydrogens is 259 g/mol. The fraction of sp³-hybridized carbons (Fsp3) is 0.133. The highest BCUT2D eigenvalue weighted by Crippen LogP contribution is 2.22. The zero-order chi connectivity index (χ0) is 14.5. The lowest BCUT2D eigenvalue weighted by molar-refractivity contribution is -0.118. The summed E-state index contributed by atoms with van der Waals surface area (Å²) in [7, 11) is 0. The van der Waals surface area contributed by atoms with Crippen molar-refractivity contribution in [1.82, 2.24) is 0 Å². The maximum atomic E-state index is 13.3. The molecule has 0 aromatic heterocycles. The second-order valence-electron chi connectivity index (χ2n) is 4.31. The molecule has 0 spiro atoms. The predicted molar refractivity (Wildman–Crippen MR) is 76.1 cm³/mol. The van der Waals surface area contributed by atoms with Crippen LogP contribution in [0.3, 0.4) is 0 Å². The summed E-state index contributed by atoms with van der Waals surface area (Å²) in [6.45, 7) is 1.55. The maximum Gasteiger partial charge on any atom is 0.262 e. The molecule has 0 unspecified atom stereocenters. The fourth-order valence-corrected chi connectivity index (χ4v) is 1.74. The fourth-order valence-electron chi connectivity index (χ4n) is 1.74. The number of nitrogen functional groups attached to an aromatic ring is 1. The van der Waals surface area contributed by atoms with Crippen molar-refractivity contribution >= 4 is 17.3 Å². The van der Waals surface area contributed by atoms with E-state index in [1.54, 1.807) is 24.3 Å². The van der Waals surface area contributed by atoms with Crippen LogP contribution in [-0.4, -0.2) is 12.5 Å². The highest BCUT2D eigenvalue weighted by atomic mass is 19.1. The van der Waals surface area contributed by atoms with E-state index in [9.17, 15) is 9.18 Å². The third-order valence-corrected chi connectivity index (χ3v) is 2.76. The van der Waals surface area contributed by atoms with Crippen LogP contribution in [0.2, 0.25) is 0 Å². The van der Waals surface area contributed by atoms with Crippen molar-refractivity contribution < 1.29 is 13.9 Å². The van der Waals surface area contributed by atoms with Gasteiger partial charge in [-0.1, -0.05) is 24.3 Å². The smallest absolute Gasteiger partial charge is 0.262 e. The molecule has 2 aromatic rings. The second kappa shape index (κ2) is 6.06. The number of nitrogens with one attached hydrogen (secondary N) is 1. The molecule has 5 heteroatoms. The summed E-state index contributed by atoms with van der Waals surface area (Å²) < 4.78 is 18.4. The Morgan fingerprint density at radius 1 is 1.25 bits per heavy atom. The average Bonchev–Trinajstić information content (AvgIpc) is 2.42. The molecule has 2 rings (SSSR count). The quantitative estimate of drug-likeness (QED) is 0.842. The number of para-hydroxylation sites is 2. The van der Waals surface area contributed by atoms with E-state index in [0.717, 1.165) is 5.56 Å². The minimum absolute atomic E-state index is 0.0420. The molecule has 0 atom stereocenters. The van der Waals surface area contributed by atoms with Crippen LogP contribution in [0.25, 0.3) is 0 Å². The molecule has 0 heterocycles. The Morgan fingerprint density at radius 2 is 2.00 bits per heavy atom. The van der Waals surface area contributed by atoms with Crippen LogP contribution in [0.1, 0.15) is 5.56 Å². The van der Waals surface area contributed by atoms with Crippen molar-refractivity contribution in [3.8, 4) is 5.75 Å². The Kier molecular flexibility index (Phi) is 4.20. The SMILES string of the molecule is Cc1cccc(N)c1NC(=O)COc1ccccc1F.